The topological polar surface area (TPSA) is 93.2 Å². The molecule has 2 aromatic rings. The fourth-order valence-corrected chi connectivity index (χ4v) is 5.82. The quantitative estimate of drug-likeness (QED) is 0.540. The molecule has 4 heterocycles. The van der Waals surface area contributed by atoms with Crippen LogP contribution >= 0.6 is 0 Å². The van der Waals surface area contributed by atoms with Crippen LogP contribution in [0.4, 0.5) is 11.8 Å². The zero-order chi connectivity index (χ0) is 27.7. The first-order valence-electron chi connectivity index (χ1n) is 14.1. The Morgan fingerprint density at radius 3 is 2.41 bits per heavy atom. The summed E-state index contributed by atoms with van der Waals surface area (Å²) in [4.78, 5) is 58.7. The van der Waals surface area contributed by atoms with Gasteiger partial charge in [0.2, 0.25) is 17.8 Å². The smallest absolute Gasteiger partial charge is 0.273 e. The highest BCUT2D eigenvalue weighted by Gasteiger charge is 2.41. The van der Waals surface area contributed by atoms with Gasteiger partial charge < -0.3 is 24.5 Å². The van der Waals surface area contributed by atoms with Gasteiger partial charge in [-0.3, -0.25) is 14.4 Å². The third kappa shape index (κ3) is 5.29. The van der Waals surface area contributed by atoms with Crippen molar-refractivity contribution in [3.63, 3.8) is 0 Å². The molecule has 0 unspecified atom stereocenters. The Labute approximate surface area is 230 Å². The number of nitrogens with zero attached hydrogens (tertiary/aromatic N) is 7. The van der Waals surface area contributed by atoms with Crippen molar-refractivity contribution in [2.24, 2.45) is 0 Å². The molecule has 39 heavy (non-hydrogen) atoms. The second-order valence-corrected chi connectivity index (χ2v) is 10.9. The number of anilines is 2. The molecule has 0 aliphatic carbocycles. The predicted molar refractivity (Wildman–Crippen MR) is 149 cm³/mol. The minimum Gasteiger partial charge on any atom is -0.344 e. The molecule has 1 atom stereocenters. The molecule has 3 aliphatic heterocycles. The van der Waals surface area contributed by atoms with Crippen molar-refractivity contribution < 1.29 is 14.4 Å². The highest BCUT2D eigenvalue weighted by molar-refractivity contribution is 5.99. The average Bonchev–Trinajstić information content (AvgIpc) is 3.56. The molecule has 3 aliphatic rings. The van der Waals surface area contributed by atoms with E-state index in [2.05, 4.69) is 9.80 Å². The number of likely N-dealkylation sites (N-methyl/N-ethyl adjacent to an activating group) is 1. The maximum atomic E-state index is 13.9. The molecule has 5 rings (SSSR count). The molecule has 1 aromatic carbocycles. The van der Waals surface area contributed by atoms with E-state index >= 15 is 0 Å². The monoisotopic (exact) mass is 533 g/mol. The molecular weight excluding hydrogens is 494 g/mol. The number of fused-ring (bicyclic) bond motifs is 1. The highest BCUT2D eigenvalue weighted by Crippen LogP contribution is 2.36. The van der Waals surface area contributed by atoms with Crippen molar-refractivity contribution in [3.8, 4) is 0 Å². The number of rotatable bonds is 7. The molecular formula is C29H39N7O3. The van der Waals surface area contributed by atoms with E-state index in [0.29, 0.717) is 69.8 Å². The fraction of sp³-hybridized carbons (Fsp3) is 0.552. The molecule has 2 fully saturated rings. The Kier molecular flexibility index (Phi) is 7.72. The van der Waals surface area contributed by atoms with Crippen molar-refractivity contribution >= 4 is 29.5 Å². The summed E-state index contributed by atoms with van der Waals surface area (Å²) < 4.78 is 0. The van der Waals surface area contributed by atoms with Gasteiger partial charge in [-0.05, 0) is 39.2 Å². The van der Waals surface area contributed by atoms with E-state index in [1.54, 1.807) is 6.92 Å². The first-order chi connectivity index (χ1) is 18.8. The van der Waals surface area contributed by atoms with E-state index in [1.807, 2.05) is 65.8 Å². The second kappa shape index (κ2) is 11.2. The van der Waals surface area contributed by atoms with Crippen LogP contribution in [0.15, 0.2) is 30.3 Å². The van der Waals surface area contributed by atoms with E-state index in [9.17, 15) is 14.4 Å². The van der Waals surface area contributed by atoms with E-state index in [4.69, 9.17) is 9.97 Å². The lowest BCUT2D eigenvalue weighted by atomic mass is 10.1. The van der Waals surface area contributed by atoms with E-state index < -0.39 is 0 Å². The normalized spacial score (nSPS) is 19.2. The van der Waals surface area contributed by atoms with E-state index in [-0.39, 0.29) is 29.8 Å². The molecule has 1 aromatic heterocycles. The maximum absolute atomic E-state index is 13.9. The predicted octanol–water partition coefficient (Wildman–Crippen LogP) is 2.53. The van der Waals surface area contributed by atoms with Crippen molar-refractivity contribution in [3.05, 3.63) is 47.2 Å². The van der Waals surface area contributed by atoms with Gasteiger partial charge in [-0.15, -0.1) is 0 Å². The summed E-state index contributed by atoms with van der Waals surface area (Å²) >= 11 is 0. The number of amides is 3. The number of aromatic nitrogens is 2. The number of piperazine rings is 1. The summed E-state index contributed by atoms with van der Waals surface area (Å²) in [6.45, 7) is 12.3. The average molecular weight is 534 g/mol. The molecule has 0 spiro atoms. The summed E-state index contributed by atoms with van der Waals surface area (Å²) in [6.07, 6.45) is 1.63. The van der Waals surface area contributed by atoms with Gasteiger partial charge in [-0.2, -0.15) is 4.98 Å². The highest BCUT2D eigenvalue weighted by atomic mass is 16.2. The number of benzene rings is 1. The molecule has 10 nitrogen and oxygen atoms in total. The maximum Gasteiger partial charge on any atom is 0.273 e. The van der Waals surface area contributed by atoms with E-state index in [1.165, 1.54) is 0 Å². The molecule has 0 saturated carbocycles. The summed E-state index contributed by atoms with van der Waals surface area (Å²) in [6, 6.07) is 9.75. The summed E-state index contributed by atoms with van der Waals surface area (Å²) in [5.74, 6) is 1.26. The van der Waals surface area contributed by atoms with Crippen LogP contribution in [0.1, 0.15) is 62.2 Å². The van der Waals surface area contributed by atoms with Gasteiger partial charge in [0.15, 0.2) is 0 Å². The second-order valence-electron chi connectivity index (χ2n) is 10.9. The summed E-state index contributed by atoms with van der Waals surface area (Å²) in [5.41, 5.74) is 2.35. The number of carbonyl (C=O) groups excluding carboxylic acids is 3. The molecule has 10 heteroatoms. The minimum atomic E-state index is -0.335. The minimum absolute atomic E-state index is 0.0274. The van der Waals surface area contributed by atoms with Gasteiger partial charge >= 0.3 is 0 Å². The van der Waals surface area contributed by atoms with Crippen LogP contribution in [0, 0.1) is 0 Å². The summed E-state index contributed by atoms with van der Waals surface area (Å²) in [7, 11) is 0. The van der Waals surface area contributed by atoms with Crippen molar-refractivity contribution in [2.75, 3.05) is 49.1 Å². The van der Waals surface area contributed by atoms with Gasteiger partial charge in [-0.1, -0.05) is 30.3 Å². The molecule has 0 N–H and O–H groups in total. The summed E-state index contributed by atoms with van der Waals surface area (Å²) in [5, 5.41) is 0. The first-order valence-corrected chi connectivity index (χ1v) is 14.1. The lowest BCUT2D eigenvalue weighted by molar-refractivity contribution is -0.133. The van der Waals surface area contributed by atoms with Crippen LogP contribution in [-0.2, 0) is 22.7 Å². The number of hydrogen-bond donors (Lipinski definition) is 0. The Balaban J connectivity index is 1.47. The lowest BCUT2D eigenvalue weighted by Gasteiger charge is -2.35. The SMILES string of the molecule is CCN(Cc1ccccc1)C(=O)[C@H]1CCCN1c1nc(N2CCN(C(C)=O)CC2)nc2c1CN(C(C)C)C2=O. The van der Waals surface area contributed by atoms with Gasteiger partial charge in [0.1, 0.15) is 17.6 Å². The lowest BCUT2D eigenvalue weighted by Crippen LogP contribution is -2.49. The van der Waals surface area contributed by atoms with Crippen LogP contribution in [-0.4, -0.2) is 93.7 Å². The third-order valence-corrected chi connectivity index (χ3v) is 8.12. The molecule has 3 amide bonds. The first kappa shape index (κ1) is 26.9. The number of carbonyl (C=O) groups is 3. The standard InChI is InChI=1S/C29H39N7O3/c1-5-32(18-22-10-7-6-8-11-22)27(38)24-12-9-13-35(24)26-23-19-36(20(2)3)28(39)25(23)30-29(31-26)34-16-14-33(15-17-34)21(4)37/h6-8,10-11,20,24H,5,9,12-19H2,1-4H3/t24-/m1/s1. The van der Waals surface area contributed by atoms with Crippen molar-refractivity contribution in [1.82, 2.24) is 24.7 Å². The molecule has 2 saturated heterocycles. The van der Waals surface area contributed by atoms with Gasteiger partial charge in [0.05, 0.1) is 6.54 Å². The third-order valence-electron chi connectivity index (χ3n) is 8.12. The van der Waals surface area contributed by atoms with Crippen LogP contribution in [0.2, 0.25) is 0 Å². The van der Waals surface area contributed by atoms with E-state index in [0.717, 1.165) is 24.0 Å². The molecule has 0 radical (unpaired) electrons. The van der Waals surface area contributed by atoms with Gasteiger partial charge in [-0.25, -0.2) is 4.98 Å². The zero-order valence-electron chi connectivity index (χ0n) is 23.5. The van der Waals surface area contributed by atoms with Crippen LogP contribution in [0.5, 0.6) is 0 Å². The Morgan fingerprint density at radius 2 is 1.77 bits per heavy atom. The van der Waals surface area contributed by atoms with Crippen LogP contribution < -0.4 is 9.80 Å². The fourth-order valence-electron chi connectivity index (χ4n) is 5.82. The largest absolute Gasteiger partial charge is 0.344 e. The molecule has 0 bridgehead atoms. The number of hydrogen-bond acceptors (Lipinski definition) is 7. The van der Waals surface area contributed by atoms with Crippen molar-refractivity contribution in [1.29, 1.82) is 0 Å². The van der Waals surface area contributed by atoms with Gasteiger partial charge in [0.25, 0.3) is 5.91 Å². The van der Waals surface area contributed by atoms with Crippen LogP contribution in [0.3, 0.4) is 0 Å². The molecule has 208 valence electrons. The van der Waals surface area contributed by atoms with Crippen LogP contribution in [0.25, 0.3) is 0 Å². The zero-order valence-corrected chi connectivity index (χ0v) is 23.5. The Hall–Kier alpha value is -3.69. The Bertz CT molecular complexity index is 1230. The van der Waals surface area contributed by atoms with Gasteiger partial charge in [0, 0.05) is 64.3 Å². The van der Waals surface area contributed by atoms with Crippen molar-refractivity contribution in [2.45, 2.75) is 65.7 Å². The Morgan fingerprint density at radius 1 is 1.05 bits per heavy atom.